The third-order valence-corrected chi connectivity index (χ3v) is 3.58. The van der Waals surface area contributed by atoms with Crippen LogP contribution in [0.3, 0.4) is 0 Å². The van der Waals surface area contributed by atoms with Crippen LogP contribution in [-0.2, 0) is 0 Å². The van der Waals surface area contributed by atoms with E-state index >= 15 is 0 Å². The molecule has 1 aliphatic rings. The van der Waals surface area contributed by atoms with E-state index in [0.29, 0.717) is 11.7 Å². The Morgan fingerprint density at radius 2 is 1.90 bits per heavy atom. The normalized spacial score (nSPS) is 15.0. The summed E-state index contributed by atoms with van der Waals surface area (Å²) in [5.74, 6) is 1.27. The van der Waals surface area contributed by atoms with Crippen molar-refractivity contribution >= 4 is 27.8 Å². The maximum atomic E-state index is 5.76. The van der Waals surface area contributed by atoms with Crippen LogP contribution in [-0.4, -0.2) is 33.0 Å². The first-order chi connectivity index (χ1) is 10.2. The average Bonchev–Trinajstić information content (AvgIpc) is 2.47. The molecule has 2 aromatic heterocycles. The fourth-order valence-corrected chi connectivity index (χ4v) is 2.54. The molecule has 1 fully saturated rings. The first-order valence-corrected chi connectivity index (χ1v) is 7.55. The van der Waals surface area contributed by atoms with E-state index in [1.165, 1.54) is 6.42 Å². The van der Waals surface area contributed by atoms with Gasteiger partial charge in [-0.1, -0.05) is 0 Å². The van der Waals surface area contributed by atoms with Gasteiger partial charge >= 0.3 is 6.01 Å². The molecule has 0 spiro atoms. The molecule has 0 atom stereocenters. The molecule has 1 saturated heterocycles. The van der Waals surface area contributed by atoms with Gasteiger partial charge in [-0.25, -0.2) is 0 Å². The van der Waals surface area contributed by atoms with Crippen molar-refractivity contribution < 1.29 is 4.74 Å². The van der Waals surface area contributed by atoms with Gasteiger partial charge in [-0.3, -0.25) is 4.98 Å². The largest absolute Gasteiger partial charge is 0.422 e. The number of nitrogens with two attached hydrogens (primary N) is 1. The summed E-state index contributed by atoms with van der Waals surface area (Å²) in [6.07, 6.45) is 6.78. The molecule has 0 saturated carbocycles. The number of nitrogens with zero attached hydrogens (tertiary/aromatic N) is 5. The van der Waals surface area contributed by atoms with Crippen LogP contribution in [0.1, 0.15) is 19.3 Å². The number of pyridine rings is 1. The van der Waals surface area contributed by atoms with Crippen LogP contribution in [0.2, 0.25) is 0 Å². The lowest BCUT2D eigenvalue weighted by molar-refractivity contribution is 0.436. The van der Waals surface area contributed by atoms with Crippen LogP contribution in [0, 0.1) is 0 Å². The number of anilines is 2. The van der Waals surface area contributed by atoms with E-state index in [4.69, 9.17) is 10.5 Å². The average molecular weight is 351 g/mol. The highest BCUT2D eigenvalue weighted by Crippen LogP contribution is 2.23. The van der Waals surface area contributed by atoms with Gasteiger partial charge in [-0.05, 0) is 41.3 Å². The molecule has 1 aliphatic heterocycles. The molecule has 0 unspecified atom stereocenters. The van der Waals surface area contributed by atoms with Gasteiger partial charge in [0.1, 0.15) is 0 Å². The maximum Gasteiger partial charge on any atom is 0.328 e. The quantitative estimate of drug-likeness (QED) is 0.908. The highest BCUT2D eigenvalue weighted by atomic mass is 79.9. The van der Waals surface area contributed by atoms with Crippen molar-refractivity contribution in [1.29, 1.82) is 0 Å². The minimum absolute atomic E-state index is 0.156. The van der Waals surface area contributed by atoms with Gasteiger partial charge in [0, 0.05) is 23.8 Å². The van der Waals surface area contributed by atoms with Crippen molar-refractivity contribution in [2.75, 3.05) is 23.7 Å². The van der Waals surface area contributed by atoms with E-state index in [1.807, 2.05) is 0 Å². The Morgan fingerprint density at radius 1 is 1.10 bits per heavy atom. The monoisotopic (exact) mass is 350 g/mol. The second kappa shape index (κ2) is 6.21. The SMILES string of the molecule is Nc1nc(Oc2cncc(Br)c2)nc(N2CCCCC2)n1. The van der Waals surface area contributed by atoms with E-state index < -0.39 is 0 Å². The number of hydrogen-bond donors (Lipinski definition) is 1. The number of nitrogen functional groups attached to an aromatic ring is 1. The van der Waals surface area contributed by atoms with Crippen molar-refractivity contribution in [3.63, 3.8) is 0 Å². The number of aromatic nitrogens is 4. The summed E-state index contributed by atoms with van der Waals surface area (Å²) in [6.45, 7) is 1.86. The van der Waals surface area contributed by atoms with Gasteiger partial charge in [0.05, 0.1) is 6.20 Å². The molecule has 3 heterocycles. The summed E-state index contributed by atoms with van der Waals surface area (Å²) >= 11 is 3.34. The zero-order valence-corrected chi connectivity index (χ0v) is 13.0. The molecule has 0 aliphatic carbocycles. The number of hydrogen-bond acceptors (Lipinski definition) is 7. The highest BCUT2D eigenvalue weighted by Gasteiger charge is 2.16. The smallest absolute Gasteiger partial charge is 0.328 e. The zero-order valence-electron chi connectivity index (χ0n) is 11.4. The second-order valence-electron chi connectivity index (χ2n) is 4.76. The van der Waals surface area contributed by atoms with Crippen molar-refractivity contribution in [2.45, 2.75) is 19.3 Å². The molecule has 8 heteroatoms. The van der Waals surface area contributed by atoms with Crippen LogP contribution in [0.15, 0.2) is 22.9 Å². The van der Waals surface area contributed by atoms with Crippen molar-refractivity contribution in [2.24, 2.45) is 0 Å². The molecule has 21 heavy (non-hydrogen) atoms. The summed E-state index contributed by atoms with van der Waals surface area (Å²) < 4.78 is 6.43. The van der Waals surface area contributed by atoms with Gasteiger partial charge < -0.3 is 15.4 Å². The number of rotatable bonds is 3. The van der Waals surface area contributed by atoms with Crippen LogP contribution in [0.5, 0.6) is 11.8 Å². The van der Waals surface area contributed by atoms with E-state index in [1.54, 1.807) is 18.5 Å². The molecule has 2 N–H and O–H groups in total. The van der Waals surface area contributed by atoms with Gasteiger partial charge in [0.2, 0.25) is 11.9 Å². The Morgan fingerprint density at radius 3 is 2.67 bits per heavy atom. The Kier molecular flexibility index (Phi) is 4.14. The molecule has 3 rings (SSSR count). The van der Waals surface area contributed by atoms with Gasteiger partial charge in [0.15, 0.2) is 5.75 Å². The fourth-order valence-electron chi connectivity index (χ4n) is 2.20. The Bertz CT molecular complexity index is 632. The maximum absolute atomic E-state index is 5.76. The molecule has 0 amide bonds. The Balaban J connectivity index is 1.83. The lowest BCUT2D eigenvalue weighted by Crippen LogP contribution is -2.31. The second-order valence-corrected chi connectivity index (χ2v) is 5.68. The fraction of sp³-hybridized carbons (Fsp3) is 0.385. The first-order valence-electron chi connectivity index (χ1n) is 6.75. The summed E-state index contributed by atoms with van der Waals surface area (Å²) in [6, 6.07) is 1.97. The predicted octanol–water partition coefficient (Wildman–Crippen LogP) is 2.39. The lowest BCUT2D eigenvalue weighted by Gasteiger charge is -2.26. The topological polar surface area (TPSA) is 90.0 Å². The summed E-state index contributed by atoms with van der Waals surface area (Å²) in [7, 11) is 0. The van der Waals surface area contributed by atoms with Crippen molar-refractivity contribution in [3.05, 3.63) is 22.9 Å². The lowest BCUT2D eigenvalue weighted by atomic mass is 10.1. The third kappa shape index (κ3) is 3.57. The van der Waals surface area contributed by atoms with Crippen molar-refractivity contribution in [3.8, 4) is 11.8 Å². The summed E-state index contributed by atoms with van der Waals surface area (Å²) in [5, 5.41) is 0. The van der Waals surface area contributed by atoms with Crippen LogP contribution < -0.4 is 15.4 Å². The minimum atomic E-state index is 0.156. The molecule has 0 aromatic carbocycles. The first kappa shape index (κ1) is 14.0. The van der Waals surface area contributed by atoms with E-state index in [-0.39, 0.29) is 12.0 Å². The van der Waals surface area contributed by atoms with Gasteiger partial charge in [-0.2, -0.15) is 15.0 Å². The third-order valence-electron chi connectivity index (χ3n) is 3.15. The summed E-state index contributed by atoms with van der Waals surface area (Å²) in [5.41, 5.74) is 5.76. The minimum Gasteiger partial charge on any atom is -0.422 e. The van der Waals surface area contributed by atoms with Gasteiger partial charge in [0.25, 0.3) is 0 Å². The number of ether oxygens (including phenoxy) is 1. The number of piperidine rings is 1. The highest BCUT2D eigenvalue weighted by molar-refractivity contribution is 9.10. The zero-order chi connectivity index (χ0) is 14.7. The number of halogens is 1. The molecular weight excluding hydrogens is 336 g/mol. The standard InChI is InChI=1S/C13H15BrN6O/c14-9-6-10(8-16-7-9)21-13-18-11(15)17-12(19-13)20-4-2-1-3-5-20/h6-8H,1-5H2,(H2,15,17,18,19). The van der Waals surface area contributed by atoms with Gasteiger partial charge in [-0.15, -0.1) is 0 Å². The van der Waals surface area contributed by atoms with E-state index in [0.717, 1.165) is 30.4 Å². The molecule has 110 valence electrons. The molecule has 7 nitrogen and oxygen atoms in total. The van der Waals surface area contributed by atoms with Crippen LogP contribution in [0.25, 0.3) is 0 Å². The Labute approximate surface area is 130 Å². The molecule has 0 bridgehead atoms. The van der Waals surface area contributed by atoms with E-state index in [9.17, 15) is 0 Å². The van der Waals surface area contributed by atoms with Crippen LogP contribution >= 0.6 is 15.9 Å². The Hall–Kier alpha value is -1.96. The van der Waals surface area contributed by atoms with Crippen molar-refractivity contribution in [1.82, 2.24) is 19.9 Å². The van der Waals surface area contributed by atoms with Crippen LogP contribution in [0.4, 0.5) is 11.9 Å². The molecular formula is C13H15BrN6O. The molecule has 2 aromatic rings. The summed E-state index contributed by atoms with van der Waals surface area (Å²) in [4.78, 5) is 18.7. The predicted molar refractivity (Wildman–Crippen MR) is 82.3 cm³/mol. The van der Waals surface area contributed by atoms with E-state index in [2.05, 4.69) is 40.8 Å². The molecule has 0 radical (unpaired) electrons.